The Balaban J connectivity index is 1.75. The molecule has 0 amide bonds. The first-order valence-electron chi connectivity index (χ1n) is 9.42. The lowest BCUT2D eigenvalue weighted by molar-refractivity contribution is 0.150. The molecule has 0 aliphatic carbocycles. The number of likely N-dealkylation sites (tertiary alicyclic amines) is 1. The summed E-state index contributed by atoms with van der Waals surface area (Å²) in [5.74, 6) is 1.73. The van der Waals surface area contributed by atoms with E-state index in [0.29, 0.717) is 6.04 Å². The zero-order valence-electron chi connectivity index (χ0n) is 15.9. The van der Waals surface area contributed by atoms with Crippen LogP contribution in [0.5, 0.6) is 0 Å². The monoisotopic (exact) mass is 356 g/mol. The molecule has 1 unspecified atom stereocenters. The van der Waals surface area contributed by atoms with Gasteiger partial charge in [0, 0.05) is 43.6 Å². The Kier molecular flexibility index (Phi) is 8.17. The number of guanidine groups is 1. The van der Waals surface area contributed by atoms with Crippen LogP contribution in [0, 0.1) is 5.92 Å². The van der Waals surface area contributed by atoms with Crippen LogP contribution in [0.25, 0.3) is 0 Å². The number of hydrogen-bond donors (Lipinski definition) is 2. The van der Waals surface area contributed by atoms with Crippen LogP contribution in [0.15, 0.2) is 4.99 Å². The smallest absolute Gasteiger partial charge is 0.191 e. The molecule has 140 valence electrons. The molecule has 0 aromatic rings. The number of ether oxygens (including phenoxy) is 1. The van der Waals surface area contributed by atoms with Gasteiger partial charge in [-0.3, -0.25) is 4.99 Å². The number of rotatable bonds is 7. The van der Waals surface area contributed by atoms with Gasteiger partial charge < -0.3 is 20.3 Å². The molecule has 2 N–H and O–H groups in total. The summed E-state index contributed by atoms with van der Waals surface area (Å²) >= 11 is 1.87. The quantitative estimate of drug-likeness (QED) is 0.541. The molecular formula is C18H36N4OS. The Morgan fingerprint density at radius 3 is 2.62 bits per heavy atom. The van der Waals surface area contributed by atoms with Gasteiger partial charge in [0.25, 0.3) is 0 Å². The van der Waals surface area contributed by atoms with Crippen LogP contribution in [-0.4, -0.2) is 73.8 Å². The van der Waals surface area contributed by atoms with Crippen LogP contribution in [0.1, 0.15) is 40.0 Å². The van der Waals surface area contributed by atoms with Gasteiger partial charge in [-0.25, -0.2) is 0 Å². The van der Waals surface area contributed by atoms with E-state index in [9.17, 15) is 0 Å². The van der Waals surface area contributed by atoms with E-state index < -0.39 is 0 Å². The van der Waals surface area contributed by atoms with Crippen molar-refractivity contribution in [3.05, 3.63) is 0 Å². The predicted molar refractivity (Wildman–Crippen MR) is 105 cm³/mol. The predicted octanol–water partition coefficient (Wildman–Crippen LogP) is 2.18. The third kappa shape index (κ3) is 6.81. The zero-order chi connectivity index (χ0) is 17.4. The average molecular weight is 357 g/mol. The molecule has 1 atom stereocenters. The minimum atomic E-state index is 0.190. The van der Waals surface area contributed by atoms with E-state index in [4.69, 9.17) is 9.73 Å². The number of thioether (sulfide) groups is 1. The Labute approximate surface area is 152 Å². The summed E-state index contributed by atoms with van der Waals surface area (Å²) in [5, 5.41) is 7.04. The van der Waals surface area contributed by atoms with E-state index in [2.05, 4.69) is 42.6 Å². The van der Waals surface area contributed by atoms with Gasteiger partial charge in [-0.1, -0.05) is 0 Å². The van der Waals surface area contributed by atoms with Crippen molar-refractivity contribution in [2.24, 2.45) is 10.9 Å². The minimum absolute atomic E-state index is 0.190. The summed E-state index contributed by atoms with van der Waals surface area (Å²) in [4.78, 5) is 7.41. The van der Waals surface area contributed by atoms with Crippen LogP contribution in [0.2, 0.25) is 0 Å². The molecule has 0 aromatic carbocycles. The van der Waals surface area contributed by atoms with Crippen molar-refractivity contribution in [2.75, 3.05) is 52.2 Å². The Morgan fingerprint density at radius 2 is 2.04 bits per heavy atom. The zero-order valence-corrected chi connectivity index (χ0v) is 16.8. The summed E-state index contributed by atoms with van der Waals surface area (Å²) < 4.78 is 5.69. The molecule has 24 heavy (non-hydrogen) atoms. The molecule has 0 saturated carbocycles. The van der Waals surface area contributed by atoms with Crippen LogP contribution < -0.4 is 10.6 Å². The normalized spacial score (nSPS) is 24.3. The first-order chi connectivity index (χ1) is 11.5. The number of piperidine rings is 1. The largest absolute Gasteiger partial charge is 0.381 e. The van der Waals surface area contributed by atoms with Gasteiger partial charge in [0.1, 0.15) is 0 Å². The number of aliphatic imine (C=N–C) groups is 1. The molecule has 2 rings (SSSR count). The van der Waals surface area contributed by atoms with Crippen molar-refractivity contribution in [1.29, 1.82) is 0 Å². The van der Waals surface area contributed by atoms with Gasteiger partial charge >= 0.3 is 0 Å². The molecule has 0 aromatic heterocycles. The second kappa shape index (κ2) is 9.88. The van der Waals surface area contributed by atoms with Crippen LogP contribution in [0.3, 0.4) is 0 Å². The molecule has 0 radical (unpaired) electrons. The minimum Gasteiger partial charge on any atom is -0.381 e. The Bertz CT molecular complexity index is 388. The van der Waals surface area contributed by atoms with Gasteiger partial charge in [-0.15, -0.1) is 0 Å². The maximum absolute atomic E-state index is 5.50. The highest BCUT2D eigenvalue weighted by atomic mass is 32.2. The maximum atomic E-state index is 5.50. The first kappa shape index (κ1) is 19.9. The topological polar surface area (TPSA) is 48.9 Å². The lowest BCUT2D eigenvalue weighted by Gasteiger charge is -2.34. The number of nitrogens with zero attached hydrogens (tertiary/aromatic N) is 2. The van der Waals surface area contributed by atoms with Gasteiger partial charge in [-0.2, -0.15) is 11.8 Å². The van der Waals surface area contributed by atoms with E-state index in [-0.39, 0.29) is 4.75 Å². The second-order valence-corrected chi connectivity index (χ2v) is 9.12. The van der Waals surface area contributed by atoms with Crippen molar-refractivity contribution >= 4 is 17.7 Å². The van der Waals surface area contributed by atoms with E-state index in [1.165, 1.54) is 38.9 Å². The summed E-state index contributed by atoms with van der Waals surface area (Å²) in [7, 11) is 0. The highest BCUT2D eigenvalue weighted by molar-refractivity contribution is 7.99. The third-order valence-corrected chi connectivity index (χ3v) is 6.22. The molecule has 2 heterocycles. The number of hydrogen-bond acceptors (Lipinski definition) is 4. The summed E-state index contributed by atoms with van der Waals surface area (Å²) in [6.07, 6.45) is 5.79. The fourth-order valence-electron chi connectivity index (χ4n) is 3.20. The second-order valence-electron chi connectivity index (χ2n) is 7.61. The first-order valence-corrected chi connectivity index (χ1v) is 10.6. The lowest BCUT2D eigenvalue weighted by Crippen LogP contribution is -2.49. The van der Waals surface area contributed by atoms with Crippen LogP contribution in [0.4, 0.5) is 0 Å². The molecule has 2 aliphatic heterocycles. The highest BCUT2D eigenvalue weighted by Crippen LogP contribution is 2.21. The molecular weight excluding hydrogens is 320 g/mol. The van der Waals surface area contributed by atoms with E-state index >= 15 is 0 Å². The fourth-order valence-corrected chi connectivity index (χ4v) is 3.39. The molecule has 6 heteroatoms. The Hall–Kier alpha value is -0.460. The third-order valence-electron chi connectivity index (χ3n) is 4.98. The van der Waals surface area contributed by atoms with Crippen LogP contribution >= 0.6 is 11.8 Å². The van der Waals surface area contributed by atoms with Crippen molar-refractivity contribution in [1.82, 2.24) is 15.5 Å². The van der Waals surface area contributed by atoms with E-state index in [1.54, 1.807) is 0 Å². The van der Waals surface area contributed by atoms with Crippen LogP contribution in [-0.2, 0) is 4.74 Å². The highest BCUT2D eigenvalue weighted by Gasteiger charge is 2.24. The Morgan fingerprint density at radius 1 is 1.29 bits per heavy atom. The summed E-state index contributed by atoms with van der Waals surface area (Å²) in [6, 6.07) is 0.538. The van der Waals surface area contributed by atoms with Gasteiger partial charge in [0.2, 0.25) is 0 Å². The lowest BCUT2D eigenvalue weighted by atomic mass is 10.0. The van der Waals surface area contributed by atoms with Crippen molar-refractivity contribution in [3.8, 4) is 0 Å². The number of nitrogens with one attached hydrogen (secondary N) is 2. The molecule has 2 aliphatic rings. The standard InChI is InChI=1S/C18H36N4OS/c1-5-19-17(20-14-18(2,3)24-4)21-16-6-9-22(10-7-16)12-15-8-11-23-13-15/h15-16H,5-14H2,1-4H3,(H2,19,20,21). The molecule has 0 spiro atoms. The molecule has 2 saturated heterocycles. The summed E-state index contributed by atoms with van der Waals surface area (Å²) in [6.45, 7) is 13.9. The van der Waals surface area contributed by atoms with Gasteiger partial charge in [-0.05, 0) is 52.2 Å². The van der Waals surface area contributed by atoms with E-state index in [0.717, 1.165) is 38.2 Å². The van der Waals surface area contributed by atoms with E-state index in [1.807, 2.05) is 11.8 Å². The molecule has 5 nitrogen and oxygen atoms in total. The molecule has 2 fully saturated rings. The van der Waals surface area contributed by atoms with Crippen molar-refractivity contribution in [2.45, 2.75) is 50.8 Å². The SMILES string of the molecule is CCNC(=NCC(C)(C)SC)NC1CCN(CC2CCOC2)CC1. The fraction of sp³-hybridized carbons (Fsp3) is 0.944. The van der Waals surface area contributed by atoms with Crippen molar-refractivity contribution < 1.29 is 4.74 Å². The van der Waals surface area contributed by atoms with Crippen molar-refractivity contribution in [3.63, 3.8) is 0 Å². The van der Waals surface area contributed by atoms with Gasteiger partial charge in [0.15, 0.2) is 5.96 Å². The maximum Gasteiger partial charge on any atom is 0.191 e. The average Bonchev–Trinajstić information content (AvgIpc) is 3.08. The molecule has 0 bridgehead atoms. The van der Waals surface area contributed by atoms with Gasteiger partial charge in [0.05, 0.1) is 13.2 Å². The summed E-state index contributed by atoms with van der Waals surface area (Å²) in [5.41, 5.74) is 0.